The first kappa shape index (κ1) is 8.26. The maximum absolute atomic E-state index is 10.1. The average molecular weight is 151 g/mol. The third-order valence-electron chi connectivity index (χ3n) is 2.17. The van der Waals surface area contributed by atoms with Crippen LogP contribution in [0.15, 0.2) is 5.18 Å². The molecule has 0 spiro atoms. The van der Waals surface area contributed by atoms with E-state index in [-0.39, 0.29) is 5.41 Å². The van der Waals surface area contributed by atoms with Crippen molar-refractivity contribution in [3.05, 3.63) is 4.91 Å². The van der Waals surface area contributed by atoms with E-state index in [1.165, 1.54) is 0 Å². The molecule has 60 valence electrons. The van der Waals surface area contributed by atoms with Gasteiger partial charge in [0.25, 0.3) is 0 Å². The summed E-state index contributed by atoms with van der Waals surface area (Å²) in [6.07, 6.45) is 3.99. The molecule has 0 N–H and O–H groups in total. The molecule has 0 aromatic rings. The molecule has 1 aliphatic rings. The van der Waals surface area contributed by atoms with Crippen LogP contribution < -0.4 is 0 Å². The summed E-state index contributed by atoms with van der Waals surface area (Å²) in [6, 6.07) is 0. The smallest absolute Gasteiger partial charge is 0.0873 e. The van der Waals surface area contributed by atoms with Crippen LogP contribution in [0, 0.1) is 22.2 Å². The van der Waals surface area contributed by atoms with Gasteiger partial charge in [-0.3, -0.25) is 0 Å². The van der Waals surface area contributed by atoms with Crippen LogP contribution in [-0.4, -0.2) is 6.54 Å². The fraction of sp³-hybridized carbons (Fsp3) is 0.778. The zero-order chi connectivity index (χ0) is 8.16. The molecule has 1 unspecified atom stereocenters. The summed E-state index contributed by atoms with van der Waals surface area (Å²) in [5.74, 6) is 6.14. The highest BCUT2D eigenvalue weighted by atomic mass is 16.3. The zero-order valence-electron chi connectivity index (χ0n) is 6.89. The van der Waals surface area contributed by atoms with Gasteiger partial charge in [-0.05, 0) is 12.8 Å². The molecule has 1 aliphatic carbocycles. The van der Waals surface area contributed by atoms with Crippen LogP contribution in [-0.2, 0) is 0 Å². The van der Waals surface area contributed by atoms with Crippen molar-refractivity contribution in [1.82, 2.24) is 0 Å². The lowest BCUT2D eigenvalue weighted by atomic mass is 9.83. The Morgan fingerprint density at radius 2 is 2.36 bits per heavy atom. The van der Waals surface area contributed by atoms with E-state index < -0.39 is 0 Å². The van der Waals surface area contributed by atoms with Gasteiger partial charge in [0.15, 0.2) is 0 Å². The monoisotopic (exact) mass is 151 g/mol. The molecule has 0 heterocycles. The molecule has 11 heavy (non-hydrogen) atoms. The number of nitroso groups, excluding NO2 is 1. The quantitative estimate of drug-likeness (QED) is 0.440. The summed E-state index contributed by atoms with van der Waals surface area (Å²) in [5, 5.41) is 2.96. The van der Waals surface area contributed by atoms with Crippen molar-refractivity contribution >= 4 is 0 Å². The van der Waals surface area contributed by atoms with Gasteiger partial charge in [0.05, 0.1) is 6.54 Å². The van der Waals surface area contributed by atoms with Gasteiger partial charge in [-0.15, -0.1) is 11.8 Å². The lowest BCUT2D eigenvalue weighted by Crippen LogP contribution is -2.18. The first-order valence-electron chi connectivity index (χ1n) is 4.02. The number of hydrogen-bond donors (Lipinski definition) is 0. The van der Waals surface area contributed by atoms with Crippen molar-refractivity contribution in [3.63, 3.8) is 0 Å². The molecule has 2 nitrogen and oxygen atoms in total. The second-order valence-electron chi connectivity index (χ2n) is 3.48. The fourth-order valence-corrected chi connectivity index (χ4v) is 1.35. The second-order valence-corrected chi connectivity index (χ2v) is 3.48. The van der Waals surface area contributed by atoms with E-state index in [9.17, 15) is 4.91 Å². The Hall–Kier alpha value is -0.840. The molecule has 0 saturated heterocycles. The Bertz CT molecular complexity index is 201. The van der Waals surface area contributed by atoms with Gasteiger partial charge in [0.2, 0.25) is 0 Å². The van der Waals surface area contributed by atoms with E-state index in [0.29, 0.717) is 6.54 Å². The molecule has 0 aromatic heterocycles. The van der Waals surface area contributed by atoms with E-state index in [2.05, 4.69) is 23.9 Å². The molecule has 1 rings (SSSR count). The zero-order valence-corrected chi connectivity index (χ0v) is 6.89. The minimum atomic E-state index is 0.0608. The van der Waals surface area contributed by atoms with Gasteiger partial charge in [0.1, 0.15) is 0 Å². The molecule has 1 atom stereocenters. The average Bonchev–Trinajstić information content (AvgIpc) is 2.15. The summed E-state index contributed by atoms with van der Waals surface area (Å²) in [6.45, 7) is 2.51. The molecule has 0 aromatic carbocycles. The number of rotatable bonds is 2. The van der Waals surface area contributed by atoms with Crippen molar-refractivity contribution in [2.45, 2.75) is 32.6 Å². The Labute approximate surface area is 67.3 Å². The molecule has 0 saturated carbocycles. The summed E-state index contributed by atoms with van der Waals surface area (Å²) in [5.41, 5.74) is 0.0608. The highest BCUT2D eigenvalue weighted by Crippen LogP contribution is 2.29. The fourth-order valence-electron chi connectivity index (χ4n) is 1.35. The lowest BCUT2D eigenvalue weighted by Gasteiger charge is -2.22. The molecular weight excluding hydrogens is 138 g/mol. The van der Waals surface area contributed by atoms with Crippen LogP contribution >= 0.6 is 0 Å². The van der Waals surface area contributed by atoms with Gasteiger partial charge >= 0.3 is 0 Å². The minimum absolute atomic E-state index is 0.0608. The van der Waals surface area contributed by atoms with E-state index in [1.807, 2.05) is 0 Å². The Kier molecular flexibility index (Phi) is 2.64. The highest BCUT2D eigenvalue weighted by Gasteiger charge is 2.24. The minimum Gasteiger partial charge on any atom is -0.151 e. The maximum atomic E-state index is 10.1. The summed E-state index contributed by atoms with van der Waals surface area (Å²) in [7, 11) is 0. The topological polar surface area (TPSA) is 29.4 Å². The Morgan fingerprint density at radius 1 is 1.55 bits per heavy atom. The van der Waals surface area contributed by atoms with Crippen LogP contribution in [0.1, 0.15) is 32.6 Å². The highest BCUT2D eigenvalue weighted by molar-refractivity contribution is 5.05. The summed E-state index contributed by atoms with van der Waals surface area (Å²) < 4.78 is 0. The van der Waals surface area contributed by atoms with Crippen LogP contribution in [0.5, 0.6) is 0 Å². The second kappa shape index (κ2) is 3.52. The molecule has 0 bridgehead atoms. The molecule has 2 heteroatoms. The van der Waals surface area contributed by atoms with Crippen molar-refractivity contribution < 1.29 is 0 Å². The van der Waals surface area contributed by atoms with Crippen molar-refractivity contribution in [2.75, 3.05) is 6.54 Å². The summed E-state index contributed by atoms with van der Waals surface area (Å²) >= 11 is 0. The molecule has 0 amide bonds. The molecule has 0 fully saturated rings. The van der Waals surface area contributed by atoms with Crippen LogP contribution in [0.3, 0.4) is 0 Å². The predicted molar refractivity (Wildman–Crippen MR) is 45.0 cm³/mol. The van der Waals surface area contributed by atoms with E-state index in [0.717, 1.165) is 25.7 Å². The first-order chi connectivity index (χ1) is 5.27. The first-order valence-corrected chi connectivity index (χ1v) is 4.02. The lowest BCUT2D eigenvalue weighted by molar-refractivity contribution is 0.314. The van der Waals surface area contributed by atoms with Crippen molar-refractivity contribution in [1.29, 1.82) is 0 Å². The van der Waals surface area contributed by atoms with Crippen LogP contribution in [0.25, 0.3) is 0 Å². The Morgan fingerprint density at radius 3 is 3.09 bits per heavy atom. The number of hydrogen-bond acceptors (Lipinski definition) is 2. The third kappa shape index (κ3) is 2.34. The van der Waals surface area contributed by atoms with Crippen LogP contribution in [0.4, 0.5) is 0 Å². The molecule has 0 aliphatic heterocycles. The van der Waals surface area contributed by atoms with E-state index >= 15 is 0 Å². The summed E-state index contributed by atoms with van der Waals surface area (Å²) in [4.78, 5) is 10.1. The van der Waals surface area contributed by atoms with Gasteiger partial charge < -0.3 is 0 Å². The third-order valence-corrected chi connectivity index (χ3v) is 2.17. The maximum Gasteiger partial charge on any atom is 0.0873 e. The van der Waals surface area contributed by atoms with Crippen molar-refractivity contribution in [3.8, 4) is 11.8 Å². The van der Waals surface area contributed by atoms with Gasteiger partial charge in [0, 0.05) is 18.3 Å². The van der Waals surface area contributed by atoms with Gasteiger partial charge in [-0.2, -0.15) is 4.91 Å². The molecular formula is C9H13NO. The predicted octanol–water partition coefficient (Wildman–Crippen LogP) is 2.34. The largest absolute Gasteiger partial charge is 0.151 e. The van der Waals surface area contributed by atoms with Crippen molar-refractivity contribution in [2.24, 2.45) is 10.6 Å². The molecule has 0 radical (unpaired) electrons. The van der Waals surface area contributed by atoms with E-state index in [4.69, 9.17) is 0 Å². The van der Waals surface area contributed by atoms with Gasteiger partial charge in [-0.25, -0.2) is 0 Å². The standard InChI is InChI=1S/C9H13NO/c1-9(8-10-11)6-4-2-3-5-7-9/h2,4,6-8H2,1H3. The van der Waals surface area contributed by atoms with Gasteiger partial charge in [-0.1, -0.05) is 12.1 Å². The number of nitrogens with zero attached hydrogens (tertiary/aromatic N) is 1. The SMILES string of the molecule is CC1(CN=O)CC#CCCC1. The Balaban J connectivity index is 2.55. The van der Waals surface area contributed by atoms with Crippen LogP contribution in [0.2, 0.25) is 0 Å². The van der Waals surface area contributed by atoms with E-state index in [1.54, 1.807) is 0 Å². The normalized spacial score (nSPS) is 29.9.